The zero-order chi connectivity index (χ0) is 16.0. The van der Waals surface area contributed by atoms with E-state index in [2.05, 4.69) is 51.8 Å². The first kappa shape index (κ1) is 18.4. The SMILES string of the molecule is CCc1nc(N(CC)C(C)COC)sc1CNC(C)(C)C. The normalized spacial score (nSPS) is 13.5. The van der Waals surface area contributed by atoms with E-state index in [0.29, 0.717) is 6.04 Å². The number of likely N-dealkylation sites (N-methyl/N-ethyl adjacent to an activating group) is 1. The minimum absolute atomic E-state index is 0.128. The second kappa shape index (κ2) is 8.11. The van der Waals surface area contributed by atoms with Gasteiger partial charge in [0.2, 0.25) is 0 Å². The molecule has 4 nitrogen and oxygen atoms in total. The van der Waals surface area contributed by atoms with Crippen molar-refractivity contribution in [2.24, 2.45) is 0 Å². The van der Waals surface area contributed by atoms with Crippen molar-refractivity contribution in [1.82, 2.24) is 10.3 Å². The van der Waals surface area contributed by atoms with Crippen molar-refractivity contribution < 1.29 is 4.74 Å². The van der Waals surface area contributed by atoms with Gasteiger partial charge in [-0.2, -0.15) is 0 Å². The van der Waals surface area contributed by atoms with Crippen LogP contribution in [0.15, 0.2) is 0 Å². The molecule has 0 spiro atoms. The molecule has 0 radical (unpaired) electrons. The summed E-state index contributed by atoms with van der Waals surface area (Å²) in [6, 6.07) is 0.347. The zero-order valence-electron chi connectivity index (χ0n) is 14.6. The maximum Gasteiger partial charge on any atom is 0.186 e. The molecule has 1 N–H and O–H groups in total. The summed E-state index contributed by atoms with van der Waals surface area (Å²) in [5, 5.41) is 4.68. The highest BCUT2D eigenvalue weighted by Gasteiger charge is 2.20. The van der Waals surface area contributed by atoms with Gasteiger partial charge in [-0.25, -0.2) is 4.98 Å². The van der Waals surface area contributed by atoms with E-state index >= 15 is 0 Å². The number of thiazole rings is 1. The molecule has 1 rings (SSSR count). The van der Waals surface area contributed by atoms with E-state index in [-0.39, 0.29) is 5.54 Å². The molecule has 5 heteroatoms. The van der Waals surface area contributed by atoms with Crippen LogP contribution in [0.2, 0.25) is 0 Å². The van der Waals surface area contributed by atoms with Crippen molar-refractivity contribution >= 4 is 16.5 Å². The molecule has 0 aliphatic heterocycles. The Morgan fingerprint density at radius 3 is 2.48 bits per heavy atom. The van der Waals surface area contributed by atoms with Gasteiger partial charge in [0.15, 0.2) is 5.13 Å². The van der Waals surface area contributed by atoms with Crippen LogP contribution in [0.25, 0.3) is 0 Å². The lowest BCUT2D eigenvalue weighted by Crippen LogP contribution is -2.36. The highest BCUT2D eigenvalue weighted by molar-refractivity contribution is 7.15. The van der Waals surface area contributed by atoms with Gasteiger partial charge in [-0.05, 0) is 41.0 Å². The van der Waals surface area contributed by atoms with Gasteiger partial charge in [-0.15, -0.1) is 11.3 Å². The molecule has 0 aliphatic rings. The predicted molar refractivity (Wildman–Crippen MR) is 92.4 cm³/mol. The number of nitrogens with zero attached hydrogens (tertiary/aromatic N) is 2. The van der Waals surface area contributed by atoms with Gasteiger partial charge < -0.3 is 15.0 Å². The van der Waals surface area contributed by atoms with Crippen LogP contribution in [0.5, 0.6) is 0 Å². The van der Waals surface area contributed by atoms with Crippen molar-refractivity contribution in [3.63, 3.8) is 0 Å². The van der Waals surface area contributed by atoms with Crippen LogP contribution < -0.4 is 10.2 Å². The van der Waals surface area contributed by atoms with Gasteiger partial charge in [-0.3, -0.25) is 0 Å². The highest BCUT2D eigenvalue weighted by Crippen LogP contribution is 2.28. The van der Waals surface area contributed by atoms with Crippen LogP contribution in [0.3, 0.4) is 0 Å². The van der Waals surface area contributed by atoms with E-state index in [1.54, 1.807) is 7.11 Å². The third kappa shape index (κ3) is 5.57. The Bertz CT molecular complexity index is 426. The lowest BCUT2D eigenvalue weighted by molar-refractivity contribution is 0.182. The van der Waals surface area contributed by atoms with E-state index in [1.807, 2.05) is 11.3 Å². The Balaban J connectivity index is 2.91. The summed E-state index contributed by atoms with van der Waals surface area (Å²) in [6.07, 6.45) is 0.980. The molecule has 1 unspecified atom stereocenters. The Hall–Kier alpha value is -0.650. The molecule has 0 saturated heterocycles. The number of anilines is 1. The van der Waals surface area contributed by atoms with Crippen LogP contribution >= 0.6 is 11.3 Å². The smallest absolute Gasteiger partial charge is 0.186 e. The highest BCUT2D eigenvalue weighted by atomic mass is 32.1. The molecule has 0 aromatic carbocycles. The Morgan fingerprint density at radius 1 is 1.33 bits per heavy atom. The number of aryl methyl sites for hydroxylation is 1. The monoisotopic (exact) mass is 313 g/mol. The molecule has 0 saturated carbocycles. The van der Waals surface area contributed by atoms with Gasteiger partial charge >= 0.3 is 0 Å². The lowest BCUT2D eigenvalue weighted by atomic mass is 10.1. The maximum atomic E-state index is 5.29. The minimum Gasteiger partial charge on any atom is -0.383 e. The van der Waals surface area contributed by atoms with Crippen LogP contribution in [-0.2, 0) is 17.7 Å². The molecule has 21 heavy (non-hydrogen) atoms. The standard InChI is InChI=1S/C16H31N3OS/c1-8-13-14(10-17-16(4,5)6)21-15(18-13)19(9-2)12(3)11-20-7/h12,17H,8-11H2,1-7H3. The number of rotatable bonds is 8. The summed E-state index contributed by atoms with van der Waals surface area (Å²) in [7, 11) is 1.75. The van der Waals surface area contributed by atoms with Gasteiger partial charge in [0.05, 0.1) is 18.3 Å². The van der Waals surface area contributed by atoms with E-state index in [9.17, 15) is 0 Å². The minimum atomic E-state index is 0.128. The summed E-state index contributed by atoms with van der Waals surface area (Å²) in [4.78, 5) is 8.53. The molecule has 122 valence electrons. The van der Waals surface area contributed by atoms with E-state index < -0.39 is 0 Å². The molecule has 1 atom stereocenters. The van der Waals surface area contributed by atoms with Crippen molar-refractivity contribution in [3.05, 3.63) is 10.6 Å². The van der Waals surface area contributed by atoms with Gasteiger partial charge in [0, 0.05) is 30.6 Å². The quantitative estimate of drug-likeness (QED) is 0.797. The molecular weight excluding hydrogens is 282 g/mol. The fourth-order valence-corrected chi connectivity index (χ4v) is 3.47. The zero-order valence-corrected chi connectivity index (χ0v) is 15.4. The number of nitrogens with one attached hydrogen (secondary N) is 1. The van der Waals surface area contributed by atoms with Gasteiger partial charge in [0.25, 0.3) is 0 Å². The number of aromatic nitrogens is 1. The summed E-state index contributed by atoms with van der Waals surface area (Å²) in [5.41, 5.74) is 1.35. The summed E-state index contributed by atoms with van der Waals surface area (Å²) >= 11 is 1.81. The number of hydrogen-bond acceptors (Lipinski definition) is 5. The van der Waals surface area contributed by atoms with Crippen molar-refractivity contribution in [1.29, 1.82) is 0 Å². The molecule has 0 aliphatic carbocycles. The van der Waals surface area contributed by atoms with Crippen LogP contribution in [0.1, 0.15) is 52.1 Å². The summed E-state index contributed by atoms with van der Waals surface area (Å²) < 4.78 is 5.29. The molecule has 1 aromatic rings. The second-order valence-corrected chi connectivity index (χ2v) is 7.48. The van der Waals surface area contributed by atoms with Crippen molar-refractivity contribution in [2.45, 2.75) is 66.1 Å². The fraction of sp³-hybridized carbons (Fsp3) is 0.812. The van der Waals surface area contributed by atoms with Crippen molar-refractivity contribution in [3.8, 4) is 0 Å². The summed E-state index contributed by atoms with van der Waals surface area (Å²) in [6.45, 7) is 15.7. The van der Waals surface area contributed by atoms with Crippen LogP contribution in [0.4, 0.5) is 5.13 Å². The summed E-state index contributed by atoms with van der Waals surface area (Å²) in [5.74, 6) is 0. The molecular formula is C16H31N3OS. The number of ether oxygens (including phenoxy) is 1. The first-order valence-corrected chi connectivity index (χ1v) is 8.63. The first-order chi connectivity index (χ1) is 9.82. The molecule has 0 bridgehead atoms. The average Bonchev–Trinajstić information content (AvgIpc) is 2.80. The Kier molecular flexibility index (Phi) is 7.10. The molecule has 1 heterocycles. The molecule has 1 aromatic heterocycles. The van der Waals surface area contributed by atoms with Crippen molar-refractivity contribution in [2.75, 3.05) is 25.2 Å². The number of hydrogen-bond donors (Lipinski definition) is 1. The first-order valence-electron chi connectivity index (χ1n) is 7.81. The maximum absolute atomic E-state index is 5.29. The fourth-order valence-electron chi connectivity index (χ4n) is 2.22. The predicted octanol–water partition coefficient (Wildman–Crippen LogP) is 3.45. The van der Waals surface area contributed by atoms with E-state index in [1.165, 1.54) is 10.6 Å². The average molecular weight is 314 g/mol. The Labute approximate surface area is 133 Å². The second-order valence-electron chi connectivity index (χ2n) is 6.41. The third-order valence-corrected chi connectivity index (χ3v) is 4.54. The number of methoxy groups -OCH3 is 1. The largest absolute Gasteiger partial charge is 0.383 e. The Morgan fingerprint density at radius 2 is 2.00 bits per heavy atom. The van der Waals surface area contributed by atoms with Gasteiger partial charge in [0.1, 0.15) is 0 Å². The van der Waals surface area contributed by atoms with E-state index in [4.69, 9.17) is 9.72 Å². The molecule has 0 amide bonds. The van der Waals surface area contributed by atoms with Gasteiger partial charge in [-0.1, -0.05) is 6.92 Å². The van der Waals surface area contributed by atoms with Crippen LogP contribution in [0, 0.1) is 0 Å². The lowest BCUT2D eigenvalue weighted by Gasteiger charge is -2.26. The van der Waals surface area contributed by atoms with E-state index in [0.717, 1.165) is 31.2 Å². The topological polar surface area (TPSA) is 37.4 Å². The molecule has 0 fully saturated rings. The third-order valence-electron chi connectivity index (χ3n) is 3.41. The van der Waals surface area contributed by atoms with Crippen LogP contribution in [-0.4, -0.2) is 36.8 Å².